The highest BCUT2D eigenvalue weighted by molar-refractivity contribution is 7.14. The van der Waals surface area contributed by atoms with Gasteiger partial charge in [0.15, 0.2) is 5.13 Å². The zero-order valence-electron chi connectivity index (χ0n) is 13.7. The highest BCUT2D eigenvalue weighted by Crippen LogP contribution is 2.29. The molecule has 2 heterocycles. The average Bonchev–Trinajstić information content (AvgIpc) is 3.21. The molecule has 0 atom stereocenters. The van der Waals surface area contributed by atoms with E-state index in [0.717, 1.165) is 18.6 Å². The smallest absolute Gasteiger partial charge is 0.352 e. The van der Waals surface area contributed by atoms with E-state index in [1.807, 2.05) is 0 Å². The van der Waals surface area contributed by atoms with Crippen molar-refractivity contribution in [2.45, 2.75) is 32.0 Å². The second kappa shape index (κ2) is 7.45. The fourth-order valence-electron chi connectivity index (χ4n) is 2.64. The largest absolute Gasteiger partial charge is 0.416 e. The van der Waals surface area contributed by atoms with Gasteiger partial charge in [-0.1, -0.05) is 12.1 Å². The van der Waals surface area contributed by atoms with E-state index >= 15 is 0 Å². The zero-order chi connectivity index (χ0) is 18.7. The lowest BCUT2D eigenvalue weighted by Gasteiger charge is -2.10. The zero-order valence-corrected chi connectivity index (χ0v) is 14.5. The summed E-state index contributed by atoms with van der Waals surface area (Å²) in [5, 5.41) is 4.88. The van der Waals surface area contributed by atoms with Crippen LogP contribution in [0.5, 0.6) is 0 Å². The second-order valence-corrected chi connectivity index (χ2v) is 6.76. The number of carbonyl (C=O) groups excluding carboxylic acids is 2. The van der Waals surface area contributed by atoms with Crippen molar-refractivity contribution in [3.63, 3.8) is 0 Å². The number of amides is 2. The van der Waals surface area contributed by atoms with Crippen molar-refractivity contribution >= 4 is 28.3 Å². The van der Waals surface area contributed by atoms with Gasteiger partial charge in [0.1, 0.15) is 0 Å². The first-order chi connectivity index (χ1) is 12.3. The molecular weight excluding hydrogens is 367 g/mol. The molecule has 1 N–H and O–H groups in total. The number of hydrogen-bond donors (Lipinski definition) is 1. The van der Waals surface area contributed by atoms with Crippen molar-refractivity contribution in [3.8, 4) is 0 Å². The third-order valence-electron chi connectivity index (χ3n) is 3.93. The van der Waals surface area contributed by atoms with Gasteiger partial charge in [-0.3, -0.25) is 14.5 Å². The molecule has 1 fully saturated rings. The van der Waals surface area contributed by atoms with E-state index in [9.17, 15) is 22.8 Å². The number of thiazole rings is 1. The summed E-state index contributed by atoms with van der Waals surface area (Å²) in [6.45, 7) is 0.637. The fourth-order valence-corrected chi connectivity index (χ4v) is 3.50. The Morgan fingerprint density at radius 1 is 1.35 bits per heavy atom. The SMILES string of the molecule is O=C(Cc1csc(N2CCCC2=O)n1)NCc1cccc(C(F)(F)F)c1. The topological polar surface area (TPSA) is 62.3 Å². The van der Waals surface area contributed by atoms with E-state index < -0.39 is 11.7 Å². The van der Waals surface area contributed by atoms with E-state index in [1.54, 1.807) is 10.3 Å². The molecule has 0 saturated carbocycles. The number of anilines is 1. The van der Waals surface area contributed by atoms with Gasteiger partial charge in [-0.15, -0.1) is 11.3 Å². The maximum Gasteiger partial charge on any atom is 0.416 e. The molecule has 5 nitrogen and oxygen atoms in total. The van der Waals surface area contributed by atoms with E-state index in [0.29, 0.717) is 29.4 Å². The maximum atomic E-state index is 12.7. The molecule has 0 radical (unpaired) electrons. The Labute approximate surface area is 151 Å². The molecule has 0 spiro atoms. The Hall–Kier alpha value is -2.42. The molecule has 0 unspecified atom stereocenters. The third-order valence-corrected chi connectivity index (χ3v) is 4.84. The normalized spacial score (nSPS) is 14.7. The van der Waals surface area contributed by atoms with Crippen LogP contribution in [-0.4, -0.2) is 23.3 Å². The van der Waals surface area contributed by atoms with Crippen LogP contribution in [0.25, 0.3) is 0 Å². The Morgan fingerprint density at radius 2 is 2.15 bits per heavy atom. The molecule has 1 aliphatic heterocycles. The van der Waals surface area contributed by atoms with Gasteiger partial charge in [-0.2, -0.15) is 13.2 Å². The Bertz CT molecular complexity index is 820. The minimum Gasteiger partial charge on any atom is -0.352 e. The van der Waals surface area contributed by atoms with Gasteiger partial charge >= 0.3 is 6.18 Å². The van der Waals surface area contributed by atoms with E-state index in [2.05, 4.69) is 10.3 Å². The van der Waals surface area contributed by atoms with Crippen molar-refractivity contribution < 1.29 is 22.8 Å². The summed E-state index contributed by atoms with van der Waals surface area (Å²) in [5.74, 6) is -0.313. The predicted octanol–water partition coefficient (Wildman–Crippen LogP) is 3.15. The minimum atomic E-state index is -4.41. The number of aromatic nitrogens is 1. The molecule has 138 valence electrons. The number of nitrogens with one attached hydrogen (secondary N) is 1. The molecule has 0 aliphatic carbocycles. The number of alkyl halides is 3. The number of rotatable bonds is 5. The Morgan fingerprint density at radius 3 is 2.85 bits per heavy atom. The standard InChI is InChI=1S/C17H16F3N3O2S/c18-17(19,20)12-4-1-3-11(7-12)9-21-14(24)8-13-10-26-16(22-13)23-6-2-5-15(23)25/h1,3-4,7,10H,2,5-6,8-9H2,(H,21,24). The number of carbonyl (C=O) groups is 2. The van der Waals surface area contributed by atoms with Crippen molar-refractivity contribution in [1.82, 2.24) is 10.3 Å². The first kappa shape index (κ1) is 18.4. The molecule has 1 aromatic carbocycles. The van der Waals surface area contributed by atoms with Gasteiger partial charge in [0.05, 0.1) is 17.7 Å². The Balaban J connectivity index is 1.55. The number of hydrogen-bond acceptors (Lipinski definition) is 4. The number of benzene rings is 1. The van der Waals surface area contributed by atoms with Crippen LogP contribution in [0.2, 0.25) is 0 Å². The quantitative estimate of drug-likeness (QED) is 0.863. The van der Waals surface area contributed by atoms with E-state index in [4.69, 9.17) is 0 Å². The summed E-state index contributed by atoms with van der Waals surface area (Å²) in [7, 11) is 0. The van der Waals surface area contributed by atoms with Crippen LogP contribution in [0, 0.1) is 0 Å². The molecule has 0 bridgehead atoms. The molecule has 9 heteroatoms. The van der Waals surface area contributed by atoms with Crippen LogP contribution in [0.1, 0.15) is 29.7 Å². The lowest BCUT2D eigenvalue weighted by molar-refractivity contribution is -0.137. The lowest BCUT2D eigenvalue weighted by Crippen LogP contribution is -2.25. The molecule has 2 aromatic rings. The van der Waals surface area contributed by atoms with Crippen LogP contribution < -0.4 is 10.2 Å². The number of halogens is 3. The highest BCUT2D eigenvalue weighted by Gasteiger charge is 2.30. The van der Waals surface area contributed by atoms with Crippen LogP contribution in [0.15, 0.2) is 29.6 Å². The molecule has 1 aromatic heterocycles. The molecule has 3 rings (SSSR count). The van der Waals surface area contributed by atoms with Gasteiger partial charge in [0, 0.05) is 24.9 Å². The van der Waals surface area contributed by atoms with Gasteiger partial charge < -0.3 is 5.32 Å². The van der Waals surface area contributed by atoms with Crippen molar-refractivity contribution in [2.75, 3.05) is 11.4 Å². The highest BCUT2D eigenvalue weighted by atomic mass is 32.1. The van der Waals surface area contributed by atoms with Crippen LogP contribution in [0.4, 0.5) is 18.3 Å². The van der Waals surface area contributed by atoms with Crippen LogP contribution in [-0.2, 0) is 28.7 Å². The second-order valence-electron chi connectivity index (χ2n) is 5.92. The average molecular weight is 383 g/mol. The summed E-state index contributed by atoms with van der Waals surface area (Å²) in [6.07, 6.45) is -3.10. The summed E-state index contributed by atoms with van der Waals surface area (Å²) in [5.41, 5.74) is 0.157. The van der Waals surface area contributed by atoms with Gasteiger partial charge in [-0.25, -0.2) is 4.98 Å². The lowest BCUT2D eigenvalue weighted by atomic mass is 10.1. The Kier molecular flexibility index (Phi) is 5.26. The molecule has 1 saturated heterocycles. The van der Waals surface area contributed by atoms with Crippen LogP contribution >= 0.6 is 11.3 Å². The monoisotopic (exact) mass is 383 g/mol. The molecule has 26 heavy (non-hydrogen) atoms. The summed E-state index contributed by atoms with van der Waals surface area (Å²) >= 11 is 1.30. The molecule has 2 amide bonds. The summed E-state index contributed by atoms with van der Waals surface area (Å²) in [6, 6.07) is 4.83. The van der Waals surface area contributed by atoms with Crippen LogP contribution in [0.3, 0.4) is 0 Å². The van der Waals surface area contributed by atoms with Gasteiger partial charge in [0.25, 0.3) is 0 Å². The van der Waals surface area contributed by atoms with E-state index in [-0.39, 0.29) is 24.8 Å². The van der Waals surface area contributed by atoms with Crippen molar-refractivity contribution in [1.29, 1.82) is 0 Å². The third kappa shape index (κ3) is 4.40. The van der Waals surface area contributed by atoms with Gasteiger partial charge in [0.2, 0.25) is 11.8 Å². The minimum absolute atomic E-state index is 0.00432. The van der Waals surface area contributed by atoms with Crippen molar-refractivity contribution in [2.24, 2.45) is 0 Å². The van der Waals surface area contributed by atoms with E-state index in [1.165, 1.54) is 23.5 Å². The molecular formula is C17H16F3N3O2S. The molecule has 1 aliphatic rings. The van der Waals surface area contributed by atoms with Crippen molar-refractivity contribution in [3.05, 3.63) is 46.5 Å². The number of nitrogens with zero attached hydrogens (tertiary/aromatic N) is 2. The first-order valence-electron chi connectivity index (χ1n) is 8.00. The first-order valence-corrected chi connectivity index (χ1v) is 8.88. The fraction of sp³-hybridized carbons (Fsp3) is 0.353. The summed E-state index contributed by atoms with van der Waals surface area (Å²) < 4.78 is 38.1. The maximum absolute atomic E-state index is 12.7. The van der Waals surface area contributed by atoms with Gasteiger partial charge in [-0.05, 0) is 24.1 Å². The summed E-state index contributed by atoms with van der Waals surface area (Å²) in [4.78, 5) is 29.6. The predicted molar refractivity (Wildman–Crippen MR) is 90.7 cm³/mol.